The van der Waals surface area contributed by atoms with Crippen molar-refractivity contribution in [1.82, 2.24) is 24.9 Å². The summed E-state index contributed by atoms with van der Waals surface area (Å²) in [6.45, 7) is 1.63. The van der Waals surface area contributed by atoms with Gasteiger partial charge in [-0.25, -0.2) is 17.8 Å². The molecule has 2 rings (SSSR count). The van der Waals surface area contributed by atoms with Gasteiger partial charge in [-0.05, 0) is 35.5 Å². The highest BCUT2D eigenvalue weighted by molar-refractivity contribution is 7.89. The van der Waals surface area contributed by atoms with Gasteiger partial charge in [-0.15, -0.1) is 5.10 Å². The lowest BCUT2D eigenvalue weighted by molar-refractivity contribution is 0.563. The number of nitrogens with one attached hydrogen (secondary N) is 1. The van der Waals surface area contributed by atoms with Gasteiger partial charge in [0.1, 0.15) is 6.33 Å². The van der Waals surface area contributed by atoms with Crippen molar-refractivity contribution >= 4 is 10.0 Å². The van der Waals surface area contributed by atoms with Crippen molar-refractivity contribution in [3.63, 3.8) is 0 Å². The Morgan fingerprint density at radius 2 is 2.30 bits per heavy atom. The van der Waals surface area contributed by atoms with Crippen LogP contribution >= 0.6 is 0 Å². The molecule has 2 aromatic rings. The van der Waals surface area contributed by atoms with Crippen LogP contribution in [0.4, 0.5) is 0 Å². The molecule has 0 amide bonds. The minimum Gasteiger partial charge on any atom is -0.207 e. The SMILES string of the molecule is C[C@@H](CC#N)NS(=O)(=O)c1cccc(-n2cnnn2)c1. The van der Waals surface area contributed by atoms with Gasteiger partial charge in [0.15, 0.2) is 0 Å². The number of nitriles is 1. The molecule has 0 spiro atoms. The van der Waals surface area contributed by atoms with Gasteiger partial charge in [0, 0.05) is 6.04 Å². The molecule has 20 heavy (non-hydrogen) atoms. The van der Waals surface area contributed by atoms with Crippen LogP contribution in [0, 0.1) is 11.3 Å². The number of hydrogen-bond donors (Lipinski definition) is 1. The van der Waals surface area contributed by atoms with Gasteiger partial charge in [-0.3, -0.25) is 0 Å². The van der Waals surface area contributed by atoms with Gasteiger partial charge in [-0.1, -0.05) is 6.07 Å². The smallest absolute Gasteiger partial charge is 0.207 e. The lowest BCUT2D eigenvalue weighted by atomic mass is 10.3. The van der Waals surface area contributed by atoms with Crippen LogP contribution in [0.5, 0.6) is 0 Å². The largest absolute Gasteiger partial charge is 0.240 e. The molecule has 0 fully saturated rings. The van der Waals surface area contributed by atoms with Crippen molar-refractivity contribution in [3.05, 3.63) is 30.6 Å². The average molecular weight is 292 g/mol. The fourth-order valence-corrected chi connectivity index (χ4v) is 2.87. The first-order valence-corrected chi connectivity index (χ1v) is 7.24. The van der Waals surface area contributed by atoms with Gasteiger partial charge in [0.05, 0.1) is 23.1 Å². The molecule has 0 aliphatic carbocycles. The quantitative estimate of drug-likeness (QED) is 0.844. The molecule has 0 unspecified atom stereocenters. The van der Waals surface area contributed by atoms with E-state index >= 15 is 0 Å². The number of hydrogen-bond acceptors (Lipinski definition) is 6. The molecule has 0 aliphatic rings. The maximum Gasteiger partial charge on any atom is 0.240 e. The van der Waals surface area contributed by atoms with Gasteiger partial charge in [0.2, 0.25) is 10.0 Å². The van der Waals surface area contributed by atoms with E-state index in [9.17, 15) is 8.42 Å². The van der Waals surface area contributed by atoms with Crippen LogP contribution in [0.3, 0.4) is 0 Å². The third-order valence-electron chi connectivity index (χ3n) is 2.50. The Morgan fingerprint density at radius 3 is 2.95 bits per heavy atom. The van der Waals surface area contributed by atoms with Crippen molar-refractivity contribution in [2.45, 2.75) is 24.3 Å². The third-order valence-corrected chi connectivity index (χ3v) is 4.08. The van der Waals surface area contributed by atoms with E-state index in [1.54, 1.807) is 19.1 Å². The van der Waals surface area contributed by atoms with Crippen LogP contribution in [0.15, 0.2) is 35.5 Å². The van der Waals surface area contributed by atoms with Gasteiger partial charge in [-0.2, -0.15) is 5.26 Å². The summed E-state index contributed by atoms with van der Waals surface area (Å²) < 4.78 is 28.1. The first-order valence-electron chi connectivity index (χ1n) is 5.75. The zero-order chi connectivity index (χ0) is 14.6. The van der Waals surface area contributed by atoms with E-state index < -0.39 is 16.1 Å². The summed E-state index contributed by atoms with van der Waals surface area (Å²) in [5.41, 5.74) is 0.533. The molecular formula is C11H12N6O2S. The van der Waals surface area contributed by atoms with Crippen molar-refractivity contribution in [1.29, 1.82) is 5.26 Å². The molecule has 1 aromatic carbocycles. The second kappa shape index (κ2) is 5.77. The van der Waals surface area contributed by atoms with Crippen LogP contribution in [-0.2, 0) is 10.0 Å². The average Bonchev–Trinajstić information content (AvgIpc) is 2.92. The Balaban J connectivity index is 2.29. The van der Waals surface area contributed by atoms with Crippen molar-refractivity contribution in [2.24, 2.45) is 0 Å². The predicted octanol–water partition coefficient (Wildman–Crippen LogP) is 0.243. The molecule has 1 aromatic heterocycles. The molecule has 1 N–H and O–H groups in total. The van der Waals surface area contributed by atoms with Crippen LogP contribution in [0.1, 0.15) is 13.3 Å². The summed E-state index contributed by atoms with van der Waals surface area (Å²) in [7, 11) is -3.68. The summed E-state index contributed by atoms with van der Waals surface area (Å²) >= 11 is 0. The van der Waals surface area contributed by atoms with Crippen LogP contribution < -0.4 is 4.72 Å². The van der Waals surface area contributed by atoms with Crippen LogP contribution in [0.25, 0.3) is 5.69 Å². The molecule has 0 saturated heterocycles. The van der Waals surface area contributed by atoms with Gasteiger partial charge in [0.25, 0.3) is 0 Å². The maximum absolute atomic E-state index is 12.2. The zero-order valence-corrected chi connectivity index (χ0v) is 11.4. The van der Waals surface area contributed by atoms with Crippen LogP contribution in [0.2, 0.25) is 0 Å². The molecule has 0 radical (unpaired) electrons. The monoisotopic (exact) mass is 292 g/mol. The summed E-state index contributed by atoms with van der Waals surface area (Å²) in [4.78, 5) is 0.0929. The highest BCUT2D eigenvalue weighted by Gasteiger charge is 2.17. The molecule has 0 saturated carbocycles. The Bertz CT molecular complexity index is 720. The number of sulfonamides is 1. The van der Waals surface area contributed by atoms with E-state index in [2.05, 4.69) is 20.2 Å². The zero-order valence-electron chi connectivity index (χ0n) is 10.6. The number of benzene rings is 1. The molecule has 0 aliphatic heterocycles. The van der Waals surface area contributed by atoms with E-state index in [0.717, 1.165) is 0 Å². The van der Waals surface area contributed by atoms with Crippen molar-refractivity contribution in [2.75, 3.05) is 0 Å². The maximum atomic E-state index is 12.2. The minimum absolute atomic E-state index is 0.0929. The Labute approximate surface area is 116 Å². The number of aromatic nitrogens is 4. The van der Waals surface area contributed by atoms with E-state index in [1.807, 2.05) is 6.07 Å². The van der Waals surface area contributed by atoms with E-state index in [4.69, 9.17) is 5.26 Å². The van der Waals surface area contributed by atoms with Crippen molar-refractivity contribution in [3.8, 4) is 11.8 Å². The second-order valence-corrected chi connectivity index (χ2v) is 5.85. The van der Waals surface area contributed by atoms with Gasteiger partial charge >= 0.3 is 0 Å². The highest BCUT2D eigenvalue weighted by atomic mass is 32.2. The Morgan fingerprint density at radius 1 is 1.50 bits per heavy atom. The molecule has 0 bridgehead atoms. The summed E-state index contributed by atoms with van der Waals surface area (Å²) in [6, 6.07) is 7.67. The fraction of sp³-hybridized carbons (Fsp3) is 0.273. The molecular weight excluding hydrogens is 280 g/mol. The van der Waals surface area contributed by atoms with Crippen LogP contribution in [-0.4, -0.2) is 34.7 Å². The first-order chi connectivity index (χ1) is 9.53. The van der Waals surface area contributed by atoms with E-state index in [1.165, 1.54) is 23.1 Å². The lowest BCUT2D eigenvalue weighted by Gasteiger charge is -2.11. The summed E-state index contributed by atoms with van der Waals surface area (Å²) in [5.74, 6) is 0. The predicted molar refractivity (Wildman–Crippen MR) is 69.2 cm³/mol. The second-order valence-electron chi connectivity index (χ2n) is 4.14. The number of nitrogens with zero attached hydrogens (tertiary/aromatic N) is 5. The Kier molecular flexibility index (Phi) is 4.07. The standard InChI is InChI=1S/C11H12N6O2S/c1-9(5-6-12)14-20(18,19)11-4-2-3-10(7-11)17-8-13-15-16-17/h2-4,7-9,14H,5H2,1H3/t9-/m0/s1. The molecule has 1 atom stereocenters. The first kappa shape index (κ1) is 14.1. The molecule has 8 nitrogen and oxygen atoms in total. The Hall–Kier alpha value is -2.31. The summed E-state index contributed by atoms with van der Waals surface area (Å²) in [5, 5.41) is 19.2. The summed E-state index contributed by atoms with van der Waals surface area (Å²) in [6.07, 6.45) is 1.48. The molecule has 9 heteroatoms. The minimum atomic E-state index is -3.68. The fourth-order valence-electron chi connectivity index (χ4n) is 1.58. The van der Waals surface area contributed by atoms with Crippen molar-refractivity contribution < 1.29 is 8.42 Å². The normalized spacial score (nSPS) is 12.8. The lowest BCUT2D eigenvalue weighted by Crippen LogP contribution is -2.32. The third kappa shape index (κ3) is 3.17. The number of rotatable bonds is 5. The van der Waals surface area contributed by atoms with Gasteiger partial charge < -0.3 is 0 Å². The van der Waals surface area contributed by atoms with E-state index in [0.29, 0.717) is 5.69 Å². The molecule has 1 heterocycles. The molecule has 104 valence electrons. The highest BCUT2D eigenvalue weighted by Crippen LogP contribution is 2.14. The topological polar surface area (TPSA) is 114 Å². The number of tetrazole rings is 1. The van der Waals surface area contributed by atoms with E-state index in [-0.39, 0.29) is 11.3 Å².